The van der Waals surface area contributed by atoms with Crippen molar-refractivity contribution in [3.05, 3.63) is 100 Å². The topological polar surface area (TPSA) is 89.7 Å². The maximum atomic E-state index is 13.6. The first-order valence-electron chi connectivity index (χ1n) is 12.2. The van der Waals surface area contributed by atoms with E-state index >= 15 is 0 Å². The van der Waals surface area contributed by atoms with Gasteiger partial charge in [0.15, 0.2) is 5.82 Å². The van der Waals surface area contributed by atoms with Gasteiger partial charge >= 0.3 is 12.3 Å². The Bertz CT molecular complexity index is 1380. The van der Waals surface area contributed by atoms with Gasteiger partial charge in [0.25, 0.3) is 5.89 Å². The zero-order valence-corrected chi connectivity index (χ0v) is 22.0. The molecule has 2 heterocycles. The fourth-order valence-electron chi connectivity index (χ4n) is 4.25. The van der Waals surface area contributed by atoms with Gasteiger partial charge in [0.1, 0.15) is 12.4 Å². The van der Waals surface area contributed by atoms with Crippen molar-refractivity contribution in [3.63, 3.8) is 0 Å². The second kappa shape index (κ2) is 11.7. The Morgan fingerprint density at radius 3 is 2.51 bits per heavy atom. The molecular weight excluding hydrogens is 513 g/mol. The van der Waals surface area contributed by atoms with Gasteiger partial charge < -0.3 is 24.2 Å². The molecule has 2 aromatic carbocycles. The minimum absolute atomic E-state index is 0.0765. The van der Waals surface area contributed by atoms with Crippen LogP contribution in [0.5, 0.6) is 0 Å². The Balaban J connectivity index is 1.73. The monoisotopic (exact) mass is 542 g/mol. The van der Waals surface area contributed by atoms with E-state index in [1.807, 2.05) is 49.3 Å². The number of hydrogen-bond donors (Lipinski definition) is 1. The summed E-state index contributed by atoms with van der Waals surface area (Å²) in [5, 5.41) is 7.22. The minimum Gasteiger partial charge on any atom is -0.433 e. The highest BCUT2D eigenvalue weighted by atomic mass is 19.4. The van der Waals surface area contributed by atoms with E-state index in [2.05, 4.69) is 15.5 Å². The average Bonchev–Trinajstić information content (AvgIpc) is 3.33. The predicted molar refractivity (Wildman–Crippen MR) is 137 cm³/mol. The number of aromatic nitrogens is 2. The minimum atomic E-state index is -4.57. The molecule has 8 nitrogen and oxygen atoms in total. The Kier molecular flexibility index (Phi) is 8.39. The molecule has 4 rings (SSSR count). The number of likely N-dealkylation sites (N-methyl/N-ethyl adjacent to an activating group) is 1. The predicted octanol–water partition coefficient (Wildman–Crippen LogP) is 5.74. The highest BCUT2D eigenvalue weighted by Gasteiger charge is 2.38. The summed E-state index contributed by atoms with van der Waals surface area (Å²) < 4.78 is 57.3. The fourth-order valence-corrected chi connectivity index (χ4v) is 4.25. The smallest absolute Gasteiger partial charge is 0.433 e. The number of ether oxygens (including phenoxy) is 2. The van der Waals surface area contributed by atoms with Crippen molar-refractivity contribution >= 4 is 11.7 Å². The van der Waals surface area contributed by atoms with Gasteiger partial charge in [-0.3, -0.25) is 0 Å². The van der Waals surface area contributed by atoms with E-state index in [4.69, 9.17) is 14.0 Å². The maximum Gasteiger partial charge on any atom is 0.513 e. The summed E-state index contributed by atoms with van der Waals surface area (Å²) in [6.07, 6.45) is -5.14. The van der Waals surface area contributed by atoms with Crippen molar-refractivity contribution in [3.8, 4) is 0 Å². The van der Waals surface area contributed by atoms with Crippen LogP contribution in [0.4, 0.5) is 18.0 Å². The average molecular weight is 543 g/mol. The highest BCUT2D eigenvalue weighted by molar-refractivity contribution is 5.75. The fraction of sp³-hybridized carbons (Fsp3) is 0.321. The van der Waals surface area contributed by atoms with Gasteiger partial charge in [0.05, 0.1) is 22.8 Å². The molecule has 1 aromatic heterocycles. The molecule has 0 saturated heterocycles. The molecule has 1 N–H and O–H groups in total. The molecule has 0 fully saturated rings. The summed E-state index contributed by atoms with van der Waals surface area (Å²) in [7, 11) is 3.65. The molecule has 0 spiro atoms. The van der Waals surface area contributed by atoms with Crippen LogP contribution in [0.2, 0.25) is 0 Å². The Morgan fingerprint density at radius 1 is 1.08 bits per heavy atom. The quantitative estimate of drug-likeness (QED) is 0.361. The van der Waals surface area contributed by atoms with Gasteiger partial charge in [-0.05, 0) is 45.1 Å². The number of halogens is 3. The summed E-state index contributed by atoms with van der Waals surface area (Å²) in [5.74, 6) is -0.383. The number of nitrogens with zero attached hydrogens (tertiary/aromatic N) is 3. The molecule has 11 heteroatoms. The molecule has 1 aliphatic rings. The normalized spacial score (nSPS) is 15.9. The Labute approximate surface area is 224 Å². The van der Waals surface area contributed by atoms with E-state index in [9.17, 15) is 18.0 Å². The third kappa shape index (κ3) is 6.85. The maximum absolute atomic E-state index is 13.6. The first-order chi connectivity index (χ1) is 18.5. The van der Waals surface area contributed by atoms with Gasteiger partial charge in [0, 0.05) is 18.7 Å². The number of nitrogens with one attached hydrogen (secondary N) is 1. The largest absolute Gasteiger partial charge is 0.513 e. The molecule has 0 amide bonds. The Morgan fingerprint density at radius 2 is 1.82 bits per heavy atom. The van der Waals surface area contributed by atoms with Crippen molar-refractivity contribution in [2.24, 2.45) is 0 Å². The number of hydrogen-bond acceptors (Lipinski definition) is 8. The standard InChI is InChI=1S/C28H29F3N4O4/c1-17-23(26-33-22(34-39-26)15-19-9-6-5-7-10-19)24(20-11-8-12-21(16-20)28(29,30)31)25(18(2)32-17)38-27(36)37-14-13-35(3)4/h5-12,16,24,32H,13-15H2,1-4H3. The van der Waals surface area contributed by atoms with E-state index in [1.165, 1.54) is 12.1 Å². The zero-order chi connectivity index (χ0) is 28.2. The lowest BCUT2D eigenvalue weighted by Crippen LogP contribution is -2.27. The van der Waals surface area contributed by atoms with Gasteiger partial charge in [-0.25, -0.2) is 4.79 Å². The van der Waals surface area contributed by atoms with Crippen molar-refractivity contribution in [1.82, 2.24) is 20.4 Å². The molecule has 0 saturated carbocycles. The van der Waals surface area contributed by atoms with E-state index in [0.717, 1.165) is 17.7 Å². The number of benzene rings is 2. The summed E-state index contributed by atoms with van der Waals surface area (Å²) >= 11 is 0. The third-order valence-electron chi connectivity index (χ3n) is 6.10. The first kappa shape index (κ1) is 27.9. The van der Waals surface area contributed by atoms with Crippen molar-refractivity contribution in [2.45, 2.75) is 32.4 Å². The number of alkyl halides is 3. The summed E-state index contributed by atoms with van der Waals surface area (Å²) in [4.78, 5) is 19.0. The number of allylic oxidation sites excluding steroid dienone is 3. The molecule has 0 aliphatic carbocycles. The molecule has 1 aliphatic heterocycles. The van der Waals surface area contributed by atoms with Crippen LogP contribution < -0.4 is 5.32 Å². The van der Waals surface area contributed by atoms with Gasteiger partial charge in [0.2, 0.25) is 0 Å². The van der Waals surface area contributed by atoms with Crippen LogP contribution in [-0.4, -0.2) is 48.4 Å². The number of rotatable bonds is 8. The lowest BCUT2D eigenvalue weighted by Gasteiger charge is -2.30. The Hall–Kier alpha value is -4.12. The zero-order valence-electron chi connectivity index (χ0n) is 22.0. The first-order valence-corrected chi connectivity index (χ1v) is 12.2. The molecule has 0 radical (unpaired) electrons. The second-order valence-corrected chi connectivity index (χ2v) is 9.39. The van der Waals surface area contributed by atoms with Crippen LogP contribution >= 0.6 is 0 Å². The molecular formula is C28H29F3N4O4. The van der Waals surface area contributed by atoms with Crippen LogP contribution in [0.15, 0.2) is 76.3 Å². The summed E-state index contributed by atoms with van der Waals surface area (Å²) in [5.41, 5.74) is 1.76. The van der Waals surface area contributed by atoms with E-state index in [-0.39, 0.29) is 23.8 Å². The molecule has 1 atom stereocenters. The van der Waals surface area contributed by atoms with E-state index < -0.39 is 23.8 Å². The van der Waals surface area contributed by atoms with Crippen molar-refractivity contribution in [2.75, 3.05) is 27.2 Å². The summed E-state index contributed by atoms with van der Waals surface area (Å²) in [6, 6.07) is 14.4. The second-order valence-electron chi connectivity index (χ2n) is 9.39. The van der Waals surface area contributed by atoms with Gasteiger partial charge in [-0.2, -0.15) is 18.2 Å². The van der Waals surface area contributed by atoms with Crippen LogP contribution in [0.25, 0.3) is 5.57 Å². The van der Waals surface area contributed by atoms with Gasteiger partial charge in [-0.15, -0.1) is 0 Å². The number of dihydropyridines is 1. The van der Waals surface area contributed by atoms with Crippen LogP contribution in [0.3, 0.4) is 0 Å². The summed E-state index contributed by atoms with van der Waals surface area (Å²) in [6.45, 7) is 3.96. The van der Waals surface area contributed by atoms with Crippen LogP contribution in [0, 0.1) is 0 Å². The van der Waals surface area contributed by atoms with Crippen LogP contribution in [0.1, 0.15) is 48.2 Å². The number of carbonyl (C=O) groups excluding carboxylic acids is 1. The van der Waals surface area contributed by atoms with Gasteiger partial charge in [-0.1, -0.05) is 53.7 Å². The molecule has 1 unspecified atom stereocenters. The molecule has 3 aromatic rings. The SMILES string of the molecule is CC1=C(OC(=O)OCCN(C)C)C(c2cccc(C(F)(F)F)c2)C(c2nc(Cc3ccccc3)no2)=C(C)N1. The molecule has 0 bridgehead atoms. The molecule has 206 valence electrons. The lowest BCUT2D eigenvalue weighted by molar-refractivity contribution is -0.137. The third-order valence-corrected chi connectivity index (χ3v) is 6.10. The van der Waals surface area contributed by atoms with Crippen LogP contribution in [-0.2, 0) is 22.1 Å². The van der Waals surface area contributed by atoms with Crippen molar-refractivity contribution in [1.29, 1.82) is 0 Å². The lowest BCUT2D eigenvalue weighted by atomic mass is 9.84. The van der Waals surface area contributed by atoms with E-state index in [0.29, 0.717) is 35.8 Å². The van der Waals surface area contributed by atoms with Crippen molar-refractivity contribution < 1.29 is 32.0 Å². The molecule has 39 heavy (non-hydrogen) atoms. The highest BCUT2D eigenvalue weighted by Crippen LogP contribution is 2.44. The number of carbonyl (C=O) groups is 1. The van der Waals surface area contributed by atoms with E-state index in [1.54, 1.807) is 13.8 Å².